The van der Waals surface area contributed by atoms with E-state index in [1.165, 1.54) is 11.1 Å². The van der Waals surface area contributed by atoms with Crippen LogP contribution in [0.15, 0.2) is 59.5 Å². The van der Waals surface area contributed by atoms with E-state index < -0.39 is 0 Å². The quantitative estimate of drug-likeness (QED) is 0.436. The van der Waals surface area contributed by atoms with Crippen LogP contribution in [0.5, 0.6) is 0 Å². The highest BCUT2D eigenvalue weighted by Crippen LogP contribution is 2.32. The van der Waals surface area contributed by atoms with Crippen molar-refractivity contribution in [1.82, 2.24) is 30.5 Å². The van der Waals surface area contributed by atoms with E-state index >= 15 is 0 Å². The second kappa shape index (κ2) is 6.42. The van der Waals surface area contributed by atoms with Gasteiger partial charge < -0.3 is 14.7 Å². The Morgan fingerprint density at radius 3 is 2.93 bits per heavy atom. The molecule has 0 radical (unpaired) electrons. The number of benzene rings is 1. The number of aromatic nitrogens is 5. The van der Waals surface area contributed by atoms with Crippen LogP contribution in [0.2, 0.25) is 0 Å². The number of rotatable bonds is 3. The zero-order chi connectivity index (χ0) is 19.2. The summed E-state index contributed by atoms with van der Waals surface area (Å²) in [4.78, 5) is 12.6. The third-order valence-electron chi connectivity index (χ3n) is 5.44. The number of fused-ring (bicyclic) bond motifs is 2. The third kappa shape index (κ3) is 2.67. The van der Waals surface area contributed by atoms with Crippen molar-refractivity contribution in [2.75, 3.05) is 13.1 Å². The number of nitrogens with one attached hydrogen (secondary N) is 3. The smallest absolute Gasteiger partial charge is 0.160 e. The van der Waals surface area contributed by atoms with Gasteiger partial charge in [-0.1, -0.05) is 12.1 Å². The monoisotopic (exact) mass is 382 g/mol. The number of furan rings is 1. The van der Waals surface area contributed by atoms with Crippen molar-refractivity contribution in [2.24, 2.45) is 0 Å². The number of pyridine rings is 1. The zero-order valence-corrected chi connectivity index (χ0v) is 15.6. The van der Waals surface area contributed by atoms with Crippen LogP contribution in [-0.2, 0) is 0 Å². The van der Waals surface area contributed by atoms with Crippen LogP contribution in [0.1, 0.15) is 12.0 Å². The summed E-state index contributed by atoms with van der Waals surface area (Å²) in [6.45, 7) is 1.92. The van der Waals surface area contributed by atoms with Crippen LogP contribution in [0.25, 0.3) is 50.3 Å². The standard InChI is InChI=1S/C22H18N6O/c1-2-18-17(11-14(1)13-3-7-23-8-4-13)20(28-27-18)22-25-19-16(15-6-10-29-12-15)5-9-24-21(19)26-22/h1-3,5-6,9-12,23H,4,7-8H2,(H,27,28)(H,24,25,26). The number of H-pyrrole nitrogens is 2. The second-order valence-electron chi connectivity index (χ2n) is 7.17. The normalized spacial score (nSPS) is 14.6. The molecule has 1 aromatic carbocycles. The molecule has 7 heteroatoms. The van der Waals surface area contributed by atoms with Crippen LogP contribution in [-0.4, -0.2) is 38.2 Å². The molecule has 7 nitrogen and oxygen atoms in total. The van der Waals surface area contributed by atoms with Gasteiger partial charge in [0.25, 0.3) is 0 Å². The second-order valence-corrected chi connectivity index (χ2v) is 7.17. The molecular weight excluding hydrogens is 364 g/mol. The lowest BCUT2D eigenvalue weighted by Gasteiger charge is -2.14. The lowest BCUT2D eigenvalue weighted by atomic mass is 9.98. The molecular formula is C22H18N6O. The minimum absolute atomic E-state index is 0.700. The Balaban J connectivity index is 1.50. The Bertz CT molecular complexity index is 1360. The molecule has 1 aliphatic heterocycles. The first-order valence-electron chi connectivity index (χ1n) is 9.63. The van der Waals surface area contributed by atoms with E-state index in [1.54, 1.807) is 18.7 Å². The molecule has 29 heavy (non-hydrogen) atoms. The summed E-state index contributed by atoms with van der Waals surface area (Å²) in [5, 5.41) is 12.1. The Hall–Kier alpha value is -3.71. The molecule has 6 rings (SSSR count). The molecule has 0 fully saturated rings. The van der Waals surface area contributed by atoms with Crippen molar-refractivity contribution < 1.29 is 4.42 Å². The van der Waals surface area contributed by atoms with Crippen LogP contribution in [0.4, 0.5) is 0 Å². The summed E-state index contributed by atoms with van der Waals surface area (Å²) < 4.78 is 5.24. The molecule has 3 N–H and O–H groups in total. The van der Waals surface area contributed by atoms with Gasteiger partial charge in [-0.25, -0.2) is 9.97 Å². The van der Waals surface area contributed by atoms with E-state index in [0.29, 0.717) is 5.82 Å². The molecule has 5 aromatic rings. The van der Waals surface area contributed by atoms with Crippen LogP contribution in [0, 0.1) is 0 Å². The van der Waals surface area contributed by atoms with Crippen molar-refractivity contribution in [3.05, 3.63) is 60.7 Å². The van der Waals surface area contributed by atoms with Gasteiger partial charge >= 0.3 is 0 Å². The summed E-state index contributed by atoms with van der Waals surface area (Å²) >= 11 is 0. The highest BCUT2D eigenvalue weighted by molar-refractivity contribution is 5.96. The largest absolute Gasteiger partial charge is 0.472 e. The average molecular weight is 382 g/mol. The van der Waals surface area contributed by atoms with Gasteiger partial charge in [0.2, 0.25) is 0 Å². The van der Waals surface area contributed by atoms with Gasteiger partial charge in [0.1, 0.15) is 11.2 Å². The molecule has 0 saturated carbocycles. The molecule has 0 unspecified atom stereocenters. The number of imidazole rings is 1. The highest BCUT2D eigenvalue weighted by atomic mass is 16.3. The fourth-order valence-corrected chi connectivity index (χ4v) is 3.95. The summed E-state index contributed by atoms with van der Waals surface area (Å²) in [7, 11) is 0. The molecule has 0 saturated heterocycles. The minimum Gasteiger partial charge on any atom is -0.472 e. The lowest BCUT2D eigenvalue weighted by Crippen LogP contribution is -2.19. The van der Waals surface area contributed by atoms with Gasteiger partial charge in [-0.2, -0.15) is 5.10 Å². The van der Waals surface area contributed by atoms with Crippen LogP contribution >= 0.6 is 0 Å². The van der Waals surface area contributed by atoms with Gasteiger partial charge in [-0.3, -0.25) is 5.10 Å². The summed E-state index contributed by atoms with van der Waals surface area (Å²) in [6.07, 6.45) is 8.43. The Labute approximate surface area is 165 Å². The summed E-state index contributed by atoms with van der Waals surface area (Å²) in [5.41, 5.74) is 7.87. The van der Waals surface area contributed by atoms with Crippen molar-refractivity contribution in [1.29, 1.82) is 0 Å². The van der Waals surface area contributed by atoms with E-state index in [-0.39, 0.29) is 0 Å². The van der Waals surface area contributed by atoms with Crippen molar-refractivity contribution in [3.63, 3.8) is 0 Å². The number of hydrogen-bond donors (Lipinski definition) is 3. The molecule has 0 bridgehead atoms. The maximum absolute atomic E-state index is 5.24. The lowest BCUT2D eigenvalue weighted by molar-refractivity contribution is 0.568. The fourth-order valence-electron chi connectivity index (χ4n) is 3.95. The molecule has 0 aliphatic carbocycles. The molecule has 0 amide bonds. The predicted molar refractivity (Wildman–Crippen MR) is 112 cm³/mol. The Morgan fingerprint density at radius 2 is 2.07 bits per heavy atom. The molecule has 142 valence electrons. The maximum Gasteiger partial charge on any atom is 0.160 e. The van der Waals surface area contributed by atoms with Crippen molar-refractivity contribution in [2.45, 2.75) is 6.42 Å². The molecule has 0 atom stereocenters. The third-order valence-corrected chi connectivity index (χ3v) is 5.44. The SMILES string of the molecule is C1=C(c2ccc3[nH]nc(-c4nc5c(-c6ccoc6)ccnc5[nH]4)c3c2)CCNC1. The van der Waals surface area contributed by atoms with Gasteiger partial charge in [0, 0.05) is 29.3 Å². The van der Waals surface area contributed by atoms with Gasteiger partial charge in [-0.05, 0) is 48.4 Å². The topological polar surface area (TPSA) is 95.4 Å². The van der Waals surface area contributed by atoms with Crippen LogP contribution in [0.3, 0.4) is 0 Å². The first kappa shape index (κ1) is 16.3. The predicted octanol–water partition coefficient (Wildman–Crippen LogP) is 4.14. The van der Waals surface area contributed by atoms with Gasteiger partial charge in [0.15, 0.2) is 11.5 Å². The number of nitrogens with zero attached hydrogens (tertiary/aromatic N) is 3. The molecule has 1 aliphatic rings. The maximum atomic E-state index is 5.24. The molecule has 5 heterocycles. The van der Waals surface area contributed by atoms with Crippen molar-refractivity contribution in [3.8, 4) is 22.6 Å². The minimum atomic E-state index is 0.700. The zero-order valence-electron chi connectivity index (χ0n) is 15.6. The van der Waals surface area contributed by atoms with Gasteiger partial charge in [0.05, 0.1) is 18.0 Å². The average Bonchev–Trinajstić information content (AvgIpc) is 3.52. The molecule has 4 aromatic heterocycles. The number of hydrogen-bond acceptors (Lipinski definition) is 5. The van der Waals surface area contributed by atoms with E-state index in [9.17, 15) is 0 Å². The summed E-state index contributed by atoms with van der Waals surface area (Å²) in [6, 6.07) is 10.3. The molecule has 0 spiro atoms. The van der Waals surface area contributed by atoms with E-state index in [1.807, 2.05) is 12.1 Å². The van der Waals surface area contributed by atoms with Crippen LogP contribution < -0.4 is 5.32 Å². The summed E-state index contributed by atoms with van der Waals surface area (Å²) in [5.74, 6) is 0.700. The fraction of sp³-hybridized carbons (Fsp3) is 0.136. The van der Waals surface area contributed by atoms with E-state index in [4.69, 9.17) is 9.40 Å². The van der Waals surface area contributed by atoms with Crippen molar-refractivity contribution >= 4 is 27.6 Å². The number of aromatic amines is 2. The van der Waals surface area contributed by atoms with E-state index in [0.717, 1.165) is 58.4 Å². The Kier molecular flexibility index (Phi) is 3.60. The van der Waals surface area contributed by atoms with Gasteiger partial charge in [-0.15, -0.1) is 0 Å². The first-order valence-corrected chi connectivity index (χ1v) is 9.63. The first-order chi connectivity index (χ1) is 14.4. The van der Waals surface area contributed by atoms with E-state index in [2.05, 4.69) is 49.8 Å². The Morgan fingerprint density at radius 1 is 1.07 bits per heavy atom. The highest BCUT2D eigenvalue weighted by Gasteiger charge is 2.17.